The predicted molar refractivity (Wildman–Crippen MR) is 47.4 cm³/mol. The van der Waals surface area contributed by atoms with Crippen LogP contribution in [0.15, 0.2) is 0 Å². The largest absolute Gasteiger partial charge is 0.340 e. The van der Waals surface area contributed by atoms with Gasteiger partial charge in [-0.25, -0.2) is 0 Å². The van der Waals surface area contributed by atoms with Gasteiger partial charge in [0.25, 0.3) is 0 Å². The minimum absolute atomic E-state index is 0. The van der Waals surface area contributed by atoms with Crippen LogP contribution in [0, 0.1) is 0 Å². The summed E-state index contributed by atoms with van der Waals surface area (Å²) in [4.78, 5) is 13.1. The molecule has 0 bridgehead atoms. The Hall–Kier alpha value is -0.530. The molecule has 1 aliphatic heterocycles. The molecule has 2 heteroatoms. The standard InChI is InChI=1S/C8H15NO.CH4/c1-3-7(2)9-6-4-5-8(9)10;/h7H,3-6H2,1-2H3;1H4. The Morgan fingerprint density at radius 3 is 2.64 bits per heavy atom. The summed E-state index contributed by atoms with van der Waals surface area (Å²) in [5.74, 6) is 0.342. The van der Waals surface area contributed by atoms with E-state index in [4.69, 9.17) is 0 Å². The van der Waals surface area contributed by atoms with E-state index in [-0.39, 0.29) is 7.43 Å². The quantitative estimate of drug-likeness (QED) is 0.600. The van der Waals surface area contributed by atoms with Crippen molar-refractivity contribution < 1.29 is 4.79 Å². The monoisotopic (exact) mass is 157 g/mol. The first-order chi connectivity index (χ1) is 4.75. The fraction of sp³-hybridized carbons (Fsp3) is 0.889. The molecule has 2 nitrogen and oxygen atoms in total. The Bertz CT molecular complexity index is 134. The van der Waals surface area contributed by atoms with Crippen molar-refractivity contribution in [3.63, 3.8) is 0 Å². The highest BCUT2D eigenvalue weighted by molar-refractivity contribution is 5.78. The zero-order chi connectivity index (χ0) is 7.56. The van der Waals surface area contributed by atoms with Crippen molar-refractivity contribution in [1.29, 1.82) is 0 Å². The maximum absolute atomic E-state index is 11.1. The SMILES string of the molecule is C.CCC(C)N1CCCC1=O. The van der Waals surface area contributed by atoms with E-state index in [0.29, 0.717) is 11.9 Å². The first kappa shape index (κ1) is 10.5. The van der Waals surface area contributed by atoms with Crippen molar-refractivity contribution in [3.8, 4) is 0 Å². The molecule has 1 amide bonds. The molecule has 1 unspecified atom stereocenters. The Morgan fingerprint density at radius 2 is 2.27 bits per heavy atom. The smallest absolute Gasteiger partial charge is 0.222 e. The van der Waals surface area contributed by atoms with Crippen LogP contribution >= 0.6 is 0 Å². The third-order valence-corrected chi connectivity index (χ3v) is 2.23. The maximum atomic E-state index is 11.1. The van der Waals surface area contributed by atoms with E-state index in [1.54, 1.807) is 0 Å². The normalized spacial score (nSPS) is 19.8. The van der Waals surface area contributed by atoms with Crippen molar-refractivity contribution in [2.24, 2.45) is 0 Å². The van der Waals surface area contributed by atoms with Crippen LogP contribution in [-0.2, 0) is 4.79 Å². The van der Waals surface area contributed by atoms with Gasteiger partial charge in [0.2, 0.25) is 5.91 Å². The third-order valence-electron chi connectivity index (χ3n) is 2.23. The molecule has 1 rings (SSSR count). The summed E-state index contributed by atoms with van der Waals surface area (Å²) < 4.78 is 0. The van der Waals surface area contributed by atoms with Gasteiger partial charge in [0.1, 0.15) is 0 Å². The van der Waals surface area contributed by atoms with Crippen molar-refractivity contribution in [1.82, 2.24) is 4.90 Å². The molecule has 0 aromatic rings. The summed E-state index contributed by atoms with van der Waals surface area (Å²) in [6.45, 7) is 5.22. The summed E-state index contributed by atoms with van der Waals surface area (Å²) >= 11 is 0. The molecule has 1 atom stereocenters. The van der Waals surface area contributed by atoms with Crippen LogP contribution in [-0.4, -0.2) is 23.4 Å². The fourth-order valence-electron chi connectivity index (χ4n) is 1.36. The summed E-state index contributed by atoms with van der Waals surface area (Å²) in [5, 5.41) is 0. The highest BCUT2D eigenvalue weighted by Crippen LogP contribution is 2.14. The van der Waals surface area contributed by atoms with E-state index in [2.05, 4.69) is 13.8 Å². The fourth-order valence-corrected chi connectivity index (χ4v) is 1.36. The lowest BCUT2D eigenvalue weighted by molar-refractivity contribution is -0.129. The molecule has 0 N–H and O–H groups in total. The van der Waals surface area contributed by atoms with E-state index in [0.717, 1.165) is 25.8 Å². The van der Waals surface area contributed by atoms with E-state index < -0.39 is 0 Å². The Kier molecular flexibility index (Phi) is 4.16. The molecule has 0 spiro atoms. The van der Waals surface area contributed by atoms with Gasteiger partial charge in [0.05, 0.1) is 0 Å². The van der Waals surface area contributed by atoms with Crippen LogP contribution in [0.3, 0.4) is 0 Å². The molecule has 1 aliphatic rings. The Balaban J connectivity index is 0.000001000. The Morgan fingerprint density at radius 1 is 1.64 bits per heavy atom. The van der Waals surface area contributed by atoms with Gasteiger partial charge in [-0.3, -0.25) is 4.79 Å². The van der Waals surface area contributed by atoms with Gasteiger partial charge in [-0.1, -0.05) is 14.4 Å². The first-order valence-electron chi connectivity index (χ1n) is 4.05. The molecule has 1 fully saturated rings. The molecule has 66 valence electrons. The molecule has 1 heterocycles. The van der Waals surface area contributed by atoms with E-state index in [1.807, 2.05) is 4.90 Å². The number of hydrogen-bond donors (Lipinski definition) is 0. The lowest BCUT2D eigenvalue weighted by Gasteiger charge is -2.22. The number of carbonyl (C=O) groups is 1. The summed E-state index contributed by atoms with van der Waals surface area (Å²) in [6, 6.07) is 0.454. The van der Waals surface area contributed by atoms with Gasteiger partial charge >= 0.3 is 0 Å². The van der Waals surface area contributed by atoms with Gasteiger partial charge in [-0.2, -0.15) is 0 Å². The lowest BCUT2D eigenvalue weighted by atomic mass is 10.2. The second kappa shape index (κ2) is 4.37. The second-order valence-corrected chi connectivity index (χ2v) is 2.95. The van der Waals surface area contributed by atoms with Crippen LogP contribution in [0.1, 0.15) is 40.5 Å². The van der Waals surface area contributed by atoms with E-state index in [1.165, 1.54) is 0 Å². The van der Waals surface area contributed by atoms with E-state index >= 15 is 0 Å². The molecular weight excluding hydrogens is 138 g/mol. The molecule has 1 saturated heterocycles. The average Bonchev–Trinajstić information content (AvgIpc) is 2.34. The molecule has 0 aromatic heterocycles. The predicted octanol–water partition coefficient (Wildman–Crippen LogP) is 2.04. The van der Waals surface area contributed by atoms with Crippen molar-refractivity contribution in [2.45, 2.75) is 46.6 Å². The summed E-state index contributed by atoms with van der Waals surface area (Å²) in [7, 11) is 0. The molecule has 0 aromatic carbocycles. The van der Waals surface area contributed by atoms with Gasteiger partial charge in [0, 0.05) is 19.0 Å². The topological polar surface area (TPSA) is 20.3 Å². The summed E-state index contributed by atoms with van der Waals surface area (Å²) in [5.41, 5.74) is 0. The third kappa shape index (κ3) is 2.21. The number of rotatable bonds is 2. The van der Waals surface area contributed by atoms with Crippen LogP contribution in [0.5, 0.6) is 0 Å². The molecular formula is C9H19NO. The van der Waals surface area contributed by atoms with E-state index in [9.17, 15) is 4.79 Å². The zero-order valence-electron chi connectivity index (χ0n) is 6.76. The first-order valence-corrected chi connectivity index (χ1v) is 4.05. The number of likely N-dealkylation sites (tertiary alicyclic amines) is 1. The zero-order valence-corrected chi connectivity index (χ0v) is 6.76. The van der Waals surface area contributed by atoms with Gasteiger partial charge in [0.15, 0.2) is 0 Å². The molecule has 11 heavy (non-hydrogen) atoms. The van der Waals surface area contributed by atoms with Crippen LogP contribution in [0.4, 0.5) is 0 Å². The number of hydrogen-bond acceptors (Lipinski definition) is 1. The minimum atomic E-state index is 0. The Labute approximate surface area is 69.6 Å². The van der Waals surface area contributed by atoms with Gasteiger partial charge in [-0.15, -0.1) is 0 Å². The van der Waals surface area contributed by atoms with Crippen LogP contribution in [0.2, 0.25) is 0 Å². The van der Waals surface area contributed by atoms with Crippen LogP contribution in [0.25, 0.3) is 0 Å². The highest BCUT2D eigenvalue weighted by Gasteiger charge is 2.23. The molecule has 0 aliphatic carbocycles. The second-order valence-electron chi connectivity index (χ2n) is 2.95. The maximum Gasteiger partial charge on any atom is 0.222 e. The minimum Gasteiger partial charge on any atom is -0.340 e. The molecule has 0 saturated carbocycles. The molecule has 0 radical (unpaired) electrons. The summed E-state index contributed by atoms with van der Waals surface area (Å²) in [6.07, 6.45) is 2.90. The van der Waals surface area contributed by atoms with Gasteiger partial charge < -0.3 is 4.90 Å². The van der Waals surface area contributed by atoms with Crippen LogP contribution < -0.4 is 0 Å². The van der Waals surface area contributed by atoms with Gasteiger partial charge in [-0.05, 0) is 19.8 Å². The lowest BCUT2D eigenvalue weighted by Crippen LogP contribution is -2.33. The number of nitrogens with zero attached hydrogens (tertiary/aromatic N) is 1. The number of carbonyl (C=O) groups excluding carboxylic acids is 1. The average molecular weight is 157 g/mol. The number of amides is 1. The highest BCUT2D eigenvalue weighted by atomic mass is 16.2. The van der Waals surface area contributed by atoms with Crippen molar-refractivity contribution in [3.05, 3.63) is 0 Å². The van der Waals surface area contributed by atoms with Crippen molar-refractivity contribution in [2.75, 3.05) is 6.54 Å². The van der Waals surface area contributed by atoms with Crippen molar-refractivity contribution >= 4 is 5.91 Å².